The van der Waals surface area contributed by atoms with Gasteiger partial charge in [-0.2, -0.15) is 11.8 Å². The quantitative estimate of drug-likeness (QED) is 0.868. The minimum Gasteiger partial charge on any atom is -0.397 e. The lowest BCUT2D eigenvalue weighted by atomic mass is 10.2. The Morgan fingerprint density at radius 3 is 3.00 bits per heavy atom. The molecule has 20 heavy (non-hydrogen) atoms. The lowest BCUT2D eigenvalue weighted by Crippen LogP contribution is -2.32. The second-order valence-electron chi connectivity index (χ2n) is 4.74. The summed E-state index contributed by atoms with van der Waals surface area (Å²) in [6, 6.07) is 5.59. The second-order valence-corrected chi connectivity index (χ2v) is 7.46. The van der Waals surface area contributed by atoms with Crippen LogP contribution < -0.4 is 5.73 Å². The molecule has 3 nitrogen and oxygen atoms in total. The summed E-state index contributed by atoms with van der Waals surface area (Å²) in [6.07, 6.45) is 1.05. The molecule has 3 rings (SSSR count). The van der Waals surface area contributed by atoms with Crippen molar-refractivity contribution in [2.45, 2.75) is 6.42 Å². The van der Waals surface area contributed by atoms with Crippen molar-refractivity contribution in [1.29, 1.82) is 0 Å². The van der Waals surface area contributed by atoms with Gasteiger partial charge in [-0.3, -0.25) is 4.79 Å². The number of amides is 1. The summed E-state index contributed by atoms with van der Waals surface area (Å²) in [7, 11) is 0. The van der Waals surface area contributed by atoms with Gasteiger partial charge in [0.15, 0.2) is 0 Å². The zero-order valence-corrected chi connectivity index (χ0v) is 13.3. The van der Waals surface area contributed by atoms with Crippen molar-refractivity contribution < 1.29 is 4.79 Å². The predicted octanol–water partition coefficient (Wildman–Crippen LogP) is 3.72. The van der Waals surface area contributed by atoms with Gasteiger partial charge in [0.2, 0.25) is 0 Å². The number of rotatable bonds is 1. The van der Waals surface area contributed by atoms with Gasteiger partial charge in [-0.25, -0.2) is 0 Å². The van der Waals surface area contributed by atoms with Crippen LogP contribution in [0.2, 0.25) is 5.02 Å². The third-order valence-electron chi connectivity index (χ3n) is 3.39. The summed E-state index contributed by atoms with van der Waals surface area (Å²) in [5.41, 5.74) is 6.72. The van der Waals surface area contributed by atoms with Crippen molar-refractivity contribution in [3.05, 3.63) is 28.1 Å². The van der Waals surface area contributed by atoms with Gasteiger partial charge in [-0.05, 0) is 30.4 Å². The van der Waals surface area contributed by atoms with Crippen LogP contribution in [0.15, 0.2) is 18.2 Å². The van der Waals surface area contributed by atoms with E-state index in [1.165, 1.54) is 11.3 Å². The Bertz CT molecular complexity index is 648. The Hall–Kier alpha value is -0.910. The van der Waals surface area contributed by atoms with Crippen molar-refractivity contribution >= 4 is 56.4 Å². The highest BCUT2D eigenvalue weighted by Crippen LogP contribution is 2.36. The summed E-state index contributed by atoms with van der Waals surface area (Å²) in [6.45, 7) is 1.62. The molecule has 0 atom stereocenters. The number of nitrogens with zero attached hydrogens (tertiary/aromatic N) is 1. The third-order valence-corrected chi connectivity index (χ3v) is 5.85. The van der Waals surface area contributed by atoms with Crippen LogP contribution in [-0.4, -0.2) is 35.4 Å². The number of benzene rings is 1. The standard InChI is InChI=1S/C14H15ClN2OS2/c15-9-2-3-11-10(8-9)12(16)13(20-11)14(18)17-4-1-6-19-7-5-17/h2-3,8H,1,4-7,16H2. The second kappa shape index (κ2) is 5.84. The molecule has 106 valence electrons. The summed E-state index contributed by atoms with van der Waals surface area (Å²) >= 11 is 9.36. The highest BCUT2D eigenvalue weighted by atomic mass is 35.5. The van der Waals surface area contributed by atoms with E-state index in [-0.39, 0.29) is 5.91 Å². The summed E-state index contributed by atoms with van der Waals surface area (Å²) in [5, 5.41) is 1.53. The molecule has 1 aliphatic heterocycles. The van der Waals surface area contributed by atoms with E-state index in [0.29, 0.717) is 15.6 Å². The number of halogens is 1. The molecular weight excluding hydrogens is 312 g/mol. The minimum absolute atomic E-state index is 0.0577. The largest absolute Gasteiger partial charge is 0.397 e. The fourth-order valence-corrected chi connectivity index (χ4v) is 4.47. The van der Waals surface area contributed by atoms with Gasteiger partial charge in [0.1, 0.15) is 4.88 Å². The molecule has 0 unspecified atom stereocenters. The number of carbonyl (C=O) groups is 1. The van der Waals surface area contributed by atoms with Gasteiger partial charge < -0.3 is 10.6 Å². The van der Waals surface area contributed by atoms with Crippen molar-refractivity contribution in [3.8, 4) is 0 Å². The molecule has 1 saturated heterocycles. The molecular formula is C14H15ClN2OS2. The molecule has 1 amide bonds. The molecule has 2 aromatic rings. The zero-order chi connectivity index (χ0) is 14.1. The van der Waals surface area contributed by atoms with E-state index < -0.39 is 0 Å². The number of thioether (sulfide) groups is 1. The van der Waals surface area contributed by atoms with Crippen molar-refractivity contribution in [2.75, 3.05) is 30.3 Å². The monoisotopic (exact) mass is 326 g/mol. The lowest BCUT2D eigenvalue weighted by molar-refractivity contribution is 0.0774. The summed E-state index contributed by atoms with van der Waals surface area (Å²) in [4.78, 5) is 15.2. The molecule has 1 aliphatic rings. The first-order valence-corrected chi connectivity index (χ1v) is 8.86. The molecule has 0 aliphatic carbocycles. The van der Waals surface area contributed by atoms with Gasteiger partial charge >= 0.3 is 0 Å². The lowest BCUT2D eigenvalue weighted by Gasteiger charge is -2.19. The number of carbonyl (C=O) groups excluding carboxylic acids is 1. The number of hydrogen-bond donors (Lipinski definition) is 1. The van der Waals surface area contributed by atoms with Crippen LogP contribution in [-0.2, 0) is 0 Å². The Kier molecular flexibility index (Phi) is 4.10. The molecule has 2 heterocycles. The van der Waals surface area contributed by atoms with Crippen molar-refractivity contribution in [3.63, 3.8) is 0 Å². The van der Waals surface area contributed by atoms with E-state index >= 15 is 0 Å². The Morgan fingerprint density at radius 2 is 2.15 bits per heavy atom. The number of thiophene rings is 1. The fourth-order valence-electron chi connectivity index (χ4n) is 2.34. The number of anilines is 1. The summed E-state index contributed by atoms with van der Waals surface area (Å²) in [5.74, 6) is 2.19. The Morgan fingerprint density at radius 1 is 1.30 bits per heavy atom. The molecule has 1 fully saturated rings. The topological polar surface area (TPSA) is 46.3 Å². The van der Waals surface area contributed by atoms with E-state index in [4.69, 9.17) is 17.3 Å². The van der Waals surface area contributed by atoms with Crippen LogP contribution >= 0.6 is 34.7 Å². The first kappa shape index (κ1) is 14.0. The molecule has 1 aromatic heterocycles. The third kappa shape index (κ3) is 2.62. The number of fused-ring (bicyclic) bond motifs is 1. The Labute approximate surface area is 131 Å². The van der Waals surface area contributed by atoms with Crippen molar-refractivity contribution in [2.24, 2.45) is 0 Å². The average Bonchev–Trinajstić information content (AvgIpc) is 2.66. The maximum Gasteiger partial charge on any atom is 0.266 e. The molecule has 2 N–H and O–H groups in total. The van der Waals surface area contributed by atoms with E-state index in [1.807, 2.05) is 34.9 Å². The highest BCUT2D eigenvalue weighted by molar-refractivity contribution is 7.99. The van der Waals surface area contributed by atoms with Crippen LogP contribution in [0.1, 0.15) is 16.1 Å². The normalized spacial score (nSPS) is 16.4. The first-order valence-electron chi connectivity index (χ1n) is 6.51. The highest BCUT2D eigenvalue weighted by Gasteiger charge is 2.22. The van der Waals surface area contributed by atoms with Gasteiger partial charge in [0, 0.05) is 34.0 Å². The molecule has 0 bridgehead atoms. The molecule has 6 heteroatoms. The van der Waals surface area contributed by atoms with Gasteiger partial charge in [-0.1, -0.05) is 11.6 Å². The molecule has 0 radical (unpaired) electrons. The number of nitrogen functional groups attached to an aromatic ring is 1. The smallest absolute Gasteiger partial charge is 0.266 e. The van der Waals surface area contributed by atoms with E-state index in [1.54, 1.807) is 0 Å². The minimum atomic E-state index is 0.0577. The van der Waals surface area contributed by atoms with E-state index in [2.05, 4.69) is 0 Å². The molecule has 0 saturated carbocycles. The maximum absolute atomic E-state index is 12.6. The molecule has 0 spiro atoms. The SMILES string of the molecule is Nc1c(C(=O)N2CCCSCC2)sc2ccc(Cl)cc12. The fraction of sp³-hybridized carbons (Fsp3) is 0.357. The predicted molar refractivity (Wildman–Crippen MR) is 89.1 cm³/mol. The number of nitrogens with two attached hydrogens (primary N) is 1. The van der Waals surface area contributed by atoms with Gasteiger partial charge in [0.25, 0.3) is 5.91 Å². The van der Waals surface area contributed by atoms with Crippen molar-refractivity contribution in [1.82, 2.24) is 4.90 Å². The van der Waals surface area contributed by atoms with Crippen LogP contribution in [0.4, 0.5) is 5.69 Å². The van der Waals surface area contributed by atoms with E-state index in [0.717, 1.165) is 41.1 Å². The van der Waals surface area contributed by atoms with Crippen LogP contribution in [0.3, 0.4) is 0 Å². The number of hydrogen-bond acceptors (Lipinski definition) is 4. The average molecular weight is 327 g/mol. The zero-order valence-electron chi connectivity index (χ0n) is 10.9. The Balaban J connectivity index is 1.96. The van der Waals surface area contributed by atoms with Gasteiger partial charge in [0.05, 0.1) is 5.69 Å². The first-order chi connectivity index (χ1) is 9.66. The van der Waals surface area contributed by atoms with Crippen LogP contribution in [0.25, 0.3) is 10.1 Å². The van der Waals surface area contributed by atoms with E-state index in [9.17, 15) is 4.79 Å². The summed E-state index contributed by atoms with van der Waals surface area (Å²) < 4.78 is 1.01. The van der Waals surface area contributed by atoms with Crippen LogP contribution in [0, 0.1) is 0 Å². The van der Waals surface area contributed by atoms with Gasteiger partial charge in [-0.15, -0.1) is 11.3 Å². The maximum atomic E-state index is 12.6. The van der Waals surface area contributed by atoms with Crippen LogP contribution in [0.5, 0.6) is 0 Å². The molecule has 1 aromatic carbocycles.